The van der Waals surface area contributed by atoms with Gasteiger partial charge in [0.25, 0.3) is 0 Å². The molecular weight excluding hydrogens is 140 g/mol. The third-order valence-corrected chi connectivity index (χ3v) is 2.50. The number of hydrogen-bond acceptors (Lipinski definition) is 2. The van der Waals surface area contributed by atoms with Crippen molar-refractivity contribution in [3.05, 3.63) is 24.3 Å². The van der Waals surface area contributed by atoms with Gasteiger partial charge < -0.3 is 5.11 Å². The van der Waals surface area contributed by atoms with E-state index in [4.69, 9.17) is 0 Å². The number of carbonyl (C=O) groups is 1. The zero-order valence-corrected chi connectivity index (χ0v) is 6.32. The second-order valence-electron chi connectivity index (χ2n) is 3.40. The fourth-order valence-electron chi connectivity index (χ4n) is 1.79. The number of ketones is 1. The van der Waals surface area contributed by atoms with Gasteiger partial charge in [0.1, 0.15) is 0 Å². The number of allylic oxidation sites excluding steroid dienone is 2. The number of fused-ring (bicyclic) bond motifs is 1. The first-order valence-electron chi connectivity index (χ1n) is 3.75. The molecule has 2 rings (SSSR count). The maximum Gasteiger partial charge on any atom is 0.162 e. The van der Waals surface area contributed by atoms with E-state index in [1.165, 1.54) is 0 Å². The van der Waals surface area contributed by atoms with Gasteiger partial charge >= 0.3 is 0 Å². The van der Waals surface area contributed by atoms with Gasteiger partial charge in [-0.25, -0.2) is 0 Å². The highest BCUT2D eigenvalue weighted by Gasteiger charge is 2.43. The van der Waals surface area contributed by atoms with E-state index >= 15 is 0 Å². The van der Waals surface area contributed by atoms with Crippen LogP contribution in [0.1, 0.15) is 6.92 Å². The first-order valence-corrected chi connectivity index (χ1v) is 3.75. The number of hydrogen-bond donors (Lipinski definition) is 1. The van der Waals surface area contributed by atoms with Gasteiger partial charge in [0.05, 0.1) is 5.60 Å². The van der Waals surface area contributed by atoms with E-state index in [-0.39, 0.29) is 17.6 Å². The van der Waals surface area contributed by atoms with Crippen molar-refractivity contribution in [3.8, 4) is 0 Å². The topological polar surface area (TPSA) is 37.3 Å². The summed E-state index contributed by atoms with van der Waals surface area (Å²) in [5.74, 6) is 0.00373. The van der Waals surface area contributed by atoms with E-state index in [0.29, 0.717) is 0 Å². The first-order chi connectivity index (χ1) is 5.11. The van der Waals surface area contributed by atoms with Gasteiger partial charge in [0, 0.05) is 11.8 Å². The van der Waals surface area contributed by atoms with Crippen LogP contribution in [0.4, 0.5) is 0 Å². The van der Waals surface area contributed by atoms with E-state index < -0.39 is 5.60 Å². The Morgan fingerprint density at radius 2 is 2.27 bits per heavy atom. The van der Waals surface area contributed by atoms with Crippen molar-refractivity contribution in [3.63, 3.8) is 0 Å². The zero-order chi connectivity index (χ0) is 8.06. The molecule has 2 aliphatic carbocycles. The molecule has 0 heterocycles. The Bertz CT molecular complexity index is 261. The molecule has 0 aromatic carbocycles. The molecule has 0 radical (unpaired) electrons. The Morgan fingerprint density at radius 3 is 2.91 bits per heavy atom. The molecule has 2 heteroatoms. The molecule has 0 saturated heterocycles. The van der Waals surface area contributed by atoms with Gasteiger partial charge in [-0.2, -0.15) is 0 Å². The SMILES string of the molecule is CC1(O)C=CC2C(=O)C=CC21. The monoisotopic (exact) mass is 150 g/mol. The average molecular weight is 150 g/mol. The largest absolute Gasteiger partial charge is 0.385 e. The predicted octanol–water partition coefficient (Wildman–Crippen LogP) is 0.678. The van der Waals surface area contributed by atoms with Crippen LogP contribution in [0.3, 0.4) is 0 Å². The summed E-state index contributed by atoms with van der Waals surface area (Å²) in [6, 6.07) is 0. The lowest BCUT2D eigenvalue weighted by atomic mass is 9.88. The lowest BCUT2D eigenvalue weighted by molar-refractivity contribution is -0.117. The third kappa shape index (κ3) is 0.792. The molecule has 0 aliphatic heterocycles. The molecule has 0 amide bonds. The summed E-state index contributed by atoms with van der Waals surface area (Å²) in [5, 5.41) is 9.69. The van der Waals surface area contributed by atoms with Crippen LogP contribution in [0.15, 0.2) is 24.3 Å². The molecule has 0 aromatic heterocycles. The highest BCUT2D eigenvalue weighted by molar-refractivity contribution is 5.96. The van der Waals surface area contributed by atoms with Crippen LogP contribution in [-0.2, 0) is 4.79 Å². The molecule has 58 valence electrons. The quantitative estimate of drug-likeness (QED) is 0.515. The van der Waals surface area contributed by atoms with Crippen molar-refractivity contribution in [2.75, 3.05) is 0 Å². The zero-order valence-electron chi connectivity index (χ0n) is 6.32. The van der Waals surface area contributed by atoms with E-state index in [2.05, 4.69) is 0 Å². The van der Waals surface area contributed by atoms with Crippen molar-refractivity contribution in [1.29, 1.82) is 0 Å². The molecule has 0 fully saturated rings. The van der Waals surface area contributed by atoms with E-state index in [1.807, 2.05) is 0 Å². The summed E-state index contributed by atoms with van der Waals surface area (Å²) in [7, 11) is 0. The maximum absolute atomic E-state index is 11.1. The number of carbonyl (C=O) groups excluding carboxylic acids is 1. The standard InChI is InChI=1S/C9H10O2/c1-9(11)5-4-6-7(9)2-3-8(6)10/h2-7,11H,1H3. The van der Waals surface area contributed by atoms with Crippen LogP contribution in [0.2, 0.25) is 0 Å². The average Bonchev–Trinajstić information content (AvgIpc) is 2.39. The molecule has 0 spiro atoms. The molecule has 3 unspecified atom stereocenters. The van der Waals surface area contributed by atoms with Crippen molar-refractivity contribution in [1.82, 2.24) is 0 Å². The van der Waals surface area contributed by atoms with Crippen molar-refractivity contribution < 1.29 is 9.90 Å². The smallest absolute Gasteiger partial charge is 0.162 e. The number of aliphatic hydroxyl groups is 1. The minimum Gasteiger partial charge on any atom is -0.385 e. The molecule has 0 bridgehead atoms. The van der Waals surface area contributed by atoms with Gasteiger partial charge in [-0.3, -0.25) is 4.79 Å². The second kappa shape index (κ2) is 1.83. The molecule has 11 heavy (non-hydrogen) atoms. The summed E-state index contributed by atoms with van der Waals surface area (Å²) < 4.78 is 0. The van der Waals surface area contributed by atoms with Crippen LogP contribution in [0.5, 0.6) is 0 Å². The molecule has 1 N–H and O–H groups in total. The molecule has 0 aromatic rings. The minimum absolute atomic E-state index is 0.0185. The highest BCUT2D eigenvalue weighted by atomic mass is 16.3. The molecule has 3 atom stereocenters. The summed E-state index contributed by atoms with van der Waals surface area (Å²) in [5.41, 5.74) is -0.812. The van der Waals surface area contributed by atoms with Crippen LogP contribution in [0, 0.1) is 11.8 Å². The summed E-state index contributed by atoms with van der Waals surface area (Å²) >= 11 is 0. The van der Waals surface area contributed by atoms with Crippen LogP contribution < -0.4 is 0 Å². The summed E-state index contributed by atoms with van der Waals surface area (Å²) in [6.07, 6.45) is 6.87. The fourth-order valence-corrected chi connectivity index (χ4v) is 1.79. The van der Waals surface area contributed by atoms with Crippen molar-refractivity contribution >= 4 is 5.78 Å². The maximum atomic E-state index is 11.1. The Hall–Kier alpha value is -0.890. The predicted molar refractivity (Wildman–Crippen MR) is 40.9 cm³/mol. The van der Waals surface area contributed by atoms with Gasteiger partial charge in [-0.15, -0.1) is 0 Å². The molecular formula is C9H10O2. The highest BCUT2D eigenvalue weighted by Crippen LogP contribution is 2.39. The van der Waals surface area contributed by atoms with Crippen LogP contribution >= 0.6 is 0 Å². The summed E-state index contributed by atoms with van der Waals surface area (Å²) in [6.45, 7) is 1.73. The normalized spacial score (nSPS) is 46.9. The minimum atomic E-state index is -0.812. The van der Waals surface area contributed by atoms with Gasteiger partial charge in [-0.1, -0.05) is 18.2 Å². The summed E-state index contributed by atoms with van der Waals surface area (Å²) in [4.78, 5) is 11.1. The second-order valence-corrected chi connectivity index (χ2v) is 3.40. The molecule has 2 nitrogen and oxygen atoms in total. The van der Waals surface area contributed by atoms with Crippen LogP contribution in [0.25, 0.3) is 0 Å². The lowest BCUT2D eigenvalue weighted by Gasteiger charge is -2.22. The Labute approximate surface area is 65.2 Å². The van der Waals surface area contributed by atoms with Gasteiger partial charge in [-0.05, 0) is 13.0 Å². The van der Waals surface area contributed by atoms with Gasteiger partial charge in [0.15, 0.2) is 5.78 Å². The molecule has 2 aliphatic rings. The Balaban J connectivity index is 2.36. The van der Waals surface area contributed by atoms with Crippen molar-refractivity contribution in [2.24, 2.45) is 11.8 Å². The first kappa shape index (κ1) is 6.80. The molecule has 0 saturated carbocycles. The van der Waals surface area contributed by atoms with Crippen LogP contribution in [-0.4, -0.2) is 16.5 Å². The lowest BCUT2D eigenvalue weighted by Crippen LogP contribution is -2.30. The Kier molecular flexibility index (Phi) is 1.13. The van der Waals surface area contributed by atoms with Gasteiger partial charge in [0.2, 0.25) is 0 Å². The number of rotatable bonds is 0. The Morgan fingerprint density at radius 1 is 1.55 bits per heavy atom. The van der Waals surface area contributed by atoms with Crippen molar-refractivity contribution in [2.45, 2.75) is 12.5 Å². The van der Waals surface area contributed by atoms with E-state index in [1.54, 1.807) is 31.2 Å². The third-order valence-electron chi connectivity index (χ3n) is 2.50. The van der Waals surface area contributed by atoms with E-state index in [9.17, 15) is 9.90 Å². The van der Waals surface area contributed by atoms with E-state index in [0.717, 1.165) is 0 Å². The fraction of sp³-hybridized carbons (Fsp3) is 0.444.